The van der Waals surface area contributed by atoms with E-state index in [1.807, 2.05) is 51.6 Å². The topological polar surface area (TPSA) is 83.7 Å². The van der Waals surface area contributed by atoms with Crippen LogP contribution < -0.4 is 0 Å². The lowest BCUT2D eigenvalue weighted by Gasteiger charge is -2.34. The number of hydrogen-bond donors (Lipinski definition) is 0. The second kappa shape index (κ2) is 7.88. The molecule has 4 rings (SSSR count). The first kappa shape index (κ1) is 18.9. The summed E-state index contributed by atoms with van der Waals surface area (Å²) in [6.45, 7) is 6.11. The molecule has 1 saturated heterocycles. The zero-order valence-corrected chi connectivity index (χ0v) is 17.3. The number of thiophene rings is 1. The Labute approximate surface area is 170 Å². The van der Waals surface area contributed by atoms with Crippen LogP contribution in [-0.2, 0) is 4.79 Å². The number of carbonyl (C=O) groups is 2. The van der Waals surface area contributed by atoms with Crippen molar-refractivity contribution in [3.05, 3.63) is 39.8 Å². The predicted octanol–water partition coefficient (Wildman–Crippen LogP) is 1.88. The normalized spacial score (nSPS) is 14.6. The summed E-state index contributed by atoms with van der Waals surface area (Å²) >= 11 is 2.81. The van der Waals surface area contributed by atoms with E-state index in [1.54, 1.807) is 0 Å². The summed E-state index contributed by atoms with van der Waals surface area (Å²) in [5, 5.41) is 10.8. The van der Waals surface area contributed by atoms with Crippen LogP contribution in [0.3, 0.4) is 0 Å². The summed E-state index contributed by atoms with van der Waals surface area (Å²) in [5.74, 6) is 0.924. The monoisotopic (exact) mass is 416 g/mol. The maximum atomic E-state index is 12.6. The van der Waals surface area contributed by atoms with E-state index in [9.17, 15) is 9.59 Å². The van der Waals surface area contributed by atoms with E-state index in [4.69, 9.17) is 0 Å². The number of carbonyl (C=O) groups excluding carboxylic acids is 2. The fraction of sp³-hybridized carbons (Fsp3) is 0.389. The Hall–Kier alpha value is -2.46. The number of amides is 2. The lowest BCUT2D eigenvalue weighted by molar-refractivity contribution is -0.129. The average Bonchev–Trinajstić information content (AvgIpc) is 3.35. The highest BCUT2D eigenvalue weighted by molar-refractivity contribution is 7.99. The molecule has 1 aliphatic rings. The minimum Gasteiger partial charge on any atom is -0.338 e. The Kier molecular flexibility index (Phi) is 5.31. The van der Waals surface area contributed by atoms with Crippen molar-refractivity contribution in [3.8, 4) is 0 Å². The zero-order valence-electron chi connectivity index (χ0n) is 15.7. The number of aromatic nitrogens is 4. The molecular formula is C18H20N6O2S2. The molecule has 28 heavy (non-hydrogen) atoms. The quantitative estimate of drug-likeness (QED) is 0.604. The Morgan fingerprint density at radius 1 is 1.14 bits per heavy atom. The first-order valence-corrected chi connectivity index (χ1v) is 10.8. The van der Waals surface area contributed by atoms with Crippen LogP contribution in [0.1, 0.15) is 21.1 Å². The molecule has 0 aliphatic carbocycles. The van der Waals surface area contributed by atoms with Gasteiger partial charge in [0.2, 0.25) is 5.91 Å². The van der Waals surface area contributed by atoms with Crippen molar-refractivity contribution in [1.29, 1.82) is 0 Å². The second-order valence-corrected chi connectivity index (χ2v) is 8.49. The first-order chi connectivity index (χ1) is 13.5. The average molecular weight is 417 g/mol. The second-order valence-electron chi connectivity index (χ2n) is 6.60. The molecule has 1 aliphatic heterocycles. The van der Waals surface area contributed by atoms with Gasteiger partial charge in [0.15, 0.2) is 5.16 Å². The number of aryl methyl sites for hydroxylation is 2. The van der Waals surface area contributed by atoms with E-state index in [1.165, 1.54) is 23.1 Å². The number of thioether (sulfide) groups is 1. The van der Waals surface area contributed by atoms with E-state index >= 15 is 0 Å². The van der Waals surface area contributed by atoms with Crippen molar-refractivity contribution < 1.29 is 9.59 Å². The predicted molar refractivity (Wildman–Crippen MR) is 108 cm³/mol. The van der Waals surface area contributed by atoms with Crippen molar-refractivity contribution >= 4 is 40.7 Å². The van der Waals surface area contributed by atoms with E-state index in [2.05, 4.69) is 15.2 Å². The molecule has 3 aromatic rings. The van der Waals surface area contributed by atoms with Crippen LogP contribution in [0.4, 0.5) is 0 Å². The third kappa shape index (κ3) is 3.74. The lowest BCUT2D eigenvalue weighted by Crippen LogP contribution is -2.51. The molecule has 1 fully saturated rings. The van der Waals surface area contributed by atoms with Gasteiger partial charge in [0.25, 0.3) is 11.7 Å². The van der Waals surface area contributed by atoms with Crippen LogP contribution in [0.15, 0.2) is 28.7 Å². The number of fused-ring (bicyclic) bond motifs is 1. The van der Waals surface area contributed by atoms with Crippen molar-refractivity contribution in [1.82, 2.24) is 29.4 Å². The zero-order chi connectivity index (χ0) is 19.7. The Balaban J connectivity index is 1.34. The smallest absolute Gasteiger partial charge is 0.264 e. The van der Waals surface area contributed by atoms with E-state index < -0.39 is 0 Å². The van der Waals surface area contributed by atoms with Crippen molar-refractivity contribution in [2.75, 3.05) is 31.9 Å². The summed E-state index contributed by atoms with van der Waals surface area (Å²) in [6.07, 6.45) is 0. The minimum absolute atomic E-state index is 0.0442. The number of nitrogens with zero attached hydrogens (tertiary/aromatic N) is 6. The third-order valence-electron chi connectivity index (χ3n) is 4.64. The van der Waals surface area contributed by atoms with Gasteiger partial charge in [0, 0.05) is 37.6 Å². The highest BCUT2D eigenvalue weighted by Crippen LogP contribution is 2.20. The van der Waals surface area contributed by atoms with Crippen molar-refractivity contribution in [3.63, 3.8) is 0 Å². The molecule has 0 aromatic carbocycles. The van der Waals surface area contributed by atoms with Crippen molar-refractivity contribution in [2.45, 2.75) is 19.0 Å². The summed E-state index contributed by atoms with van der Waals surface area (Å²) in [6, 6.07) is 5.68. The molecule has 0 N–H and O–H groups in total. The molecule has 4 heterocycles. The van der Waals surface area contributed by atoms with Crippen LogP contribution >= 0.6 is 23.1 Å². The van der Waals surface area contributed by atoms with Gasteiger partial charge in [-0.3, -0.25) is 14.0 Å². The minimum atomic E-state index is 0.0442. The van der Waals surface area contributed by atoms with Crippen molar-refractivity contribution in [2.24, 2.45) is 0 Å². The van der Waals surface area contributed by atoms with Gasteiger partial charge < -0.3 is 9.80 Å². The van der Waals surface area contributed by atoms with Crippen LogP contribution in [0.2, 0.25) is 0 Å². The molecule has 0 unspecified atom stereocenters. The summed E-state index contributed by atoms with van der Waals surface area (Å²) in [7, 11) is 0. The Morgan fingerprint density at radius 2 is 1.89 bits per heavy atom. The summed E-state index contributed by atoms with van der Waals surface area (Å²) < 4.78 is 1.86. The highest BCUT2D eigenvalue weighted by Gasteiger charge is 2.25. The van der Waals surface area contributed by atoms with Gasteiger partial charge in [-0.2, -0.15) is 0 Å². The molecule has 0 atom stereocenters. The van der Waals surface area contributed by atoms with Gasteiger partial charge in [-0.05, 0) is 31.4 Å². The lowest BCUT2D eigenvalue weighted by atomic mass is 10.3. The molecule has 146 valence electrons. The molecule has 0 bridgehead atoms. The summed E-state index contributed by atoms with van der Waals surface area (Å²) in [4.78, 5) is 33.7. The first-order valence-electron chi connectivity index (χ1n) is 8.95. The van der Waals surface area contributed by atoms with Gasteiger partial charge in [-0.1, -0.05) is 17.8 Å². The maximum Gasteiger partial charge on any atom is 0.264 e. The Bertz CT molecular complexity index is 1010. The molecule has 0 saturated carbocycles. The SMILES string of the molecule is Cc1cc(C)n2c(SCC(=O)N3CCN(C(=O)c4cccs4)CC3)nnc2n1. The third-order valence-corrected chi connectivity index (χ3v) is 6.41. The van der Waals surface area contributed by atoms with Gasteiger partial charge in [0.1, 0.15) is 0 Å². The van der Waals surface area contributed by atoms with Crippen LogP contribution in [0, 0.1) is 13.8 Å². The molecule has 2 amide bonds. The maximum absolute atomic E-state index is 12.6. The standard InChI is InChI=1S/C18H20N6O2S2/c1-12-10-13(2)24-17(19-12)20-21-18(24)28-11-15(25)22-5-7-23(8-6-22)16(26)14-4-3-9-27-14/h3-4,9-10H,5-8,11H2,1-2H3. The molecule has 0 radical (unpaired) electrons. The largest absolute Gasteiger partial charge is 0.338 e. The molecule has 8 nitrogen and oxygen atoms in total. The van der Waals surface area contributed by atoms with Crippen LogP contribution in [0.5, 0.6) is 0 Å². The van der Waals surface area contributed by atoms with E-state index in [0.717, 1.165) is 16.3 Å². The van der Waals surface area contributed by atoms with Gasteiger partial charge in [-0.25, -0.2) is 4.98 Å². The molecule has 0 spiro atoms. The molecule has 10 heteroatoms. The number of rotatable bonds is 4. The fourth-order valence-corrected chi connectivity index (χ4v) is 4.81. The van der Waals surface area contributed by atoms with Crippen LogP contribution in [0.25, 0.3) is 5.78 Å². The van der Waals surface area contributed by atoms with E-state index in [0.29, 0.717) is 37.1 Å². The molecule has 3 aromatic heterocycles. The fourth-order valence-electron chi connectivity index (χ4n) is 3.23. The number of hydrogen-bond acceptors (Lipinski definition) is 7. The van der Waals surface area contributed by atoms with E-state index in [-0.39, 0.29) is 17.6 Å². The Morgan fingerprint density at radius 3 is 2.61 bits per heavy atom. The number of piperazine rings is 1. The summed E-state index contributed by atoms with van der Waals surface area (Å²) in [5.41, 5.74) is 1.88. The molecular weight excluding hydrogens is 396 g/mol. The van der Waals surface area contributed by atoms with Gasteiger partial charge >= 0.3 is 0 Å². The van der Waals surface area contributed by atoms with Gasteiger partial charge in [-0.15, -0.1) is 21.5 Å². The van der Waals surface area contributed by atoms with Gasteiger partial charge in [0.05, 0.1) is 10.6 Å². The van der Waals surface area contributed by atoms with Crippen LogP contribution in [-0.4, -0.2) is 73.1 Å². The highest BCUT2D eigenvalue weighted by atomic mass is 32.2.